The van der Waals surface area contributed by atoms with Gasteiger partial charge in [-0.05, 0) is 20.8 Å². The number of nitrogens with one attached hydrogen (secondary N) is 2. The molecule has 0 fully saturated rings. The van der Waals surface area contributed by atoms with Crippen LogP contribution in [0.3, 0.4) is 0 Å². The van der Waals surface area contributed by atoms with Crippen LogP contribution in [0.25, 0.3) is 5.78 Å². The normalized spacial score (nSPS) is 10.9. The zero-order chi connectivity index (χ0) is 14.3. The number of aryl methyl sites for hydroxylation is 3. The summed E-state index contributed by atoms with van der Waals surface area (Å²) in [7, 11) is 0. The highest BCUT2D eigenvalue weighted by atomic mass is 16.1. The molecule has 0 aromatic carbocycles. The van der Waals surface area contributed by atoms with Crippen molar-refractivity contribution in [1.82, 2.24) is 29.8 Å². The van der Waals surface area contributed by atoms with Crippen LogP contribution < -0.4 is 5.32 Å². The van der Waals surface area contributed by atoms with Gasteiger partial charge in [0.2, 0.25) is 0 Å². The molecule has 0 spiro atoms. The molecule has 0 aliphatic carbocycles. The Bertz CT molecular complexity index is 782. The van der Waals surface area contributed by atoms with Crippen molar-refractivity contribution in [3.8, 4) is 0 Å². The number of hydrogen-bond donors (Lipinski definition) is 2. The lowest BCUT2D eigenvalue weighted by Crippen LogP contribution is -2.17. The maximum Gasteiger partial charge on any atom is 0.259 e. The Kier molecular flexibility index (Phi) is 2.70. The molecule has 0 aliphatic heterocycles. The molecule has 3 aromatic heterocycles. The fraction of sp³-hybridized carbons (Fsp3) is 0.250. The molecule has 1 amide bonds. The SMILES string of the molecule is Cc1n[nH]c(C)c1NC(=O)c1cnc2ncnn2c1C. The number of anilines is 1. The lowest BCUT2D eigenvalue weighted by Gasteiger charge is -2.08. The van der Waals surface area contributed by atoms with Crippen LogP contribution in [-0.4, -0.2) is 35.7 Å². The van der Waals surface area contributed by atoms with Gasteiger partial charge >= 0.3 is 0 Å². The first kappa shape index (κ1) is 12.3. The van der Waals surface area contributed by atoms with Crippen LogP contribution in [0.2, 0.25) is 0 Å². The van der Waals surface area contributed by atoms with E-state index in [0.29, 0.717) is 22.7 Å². The molecule has 8 heteroatoms. The number of amides is 1. The van der Waals surface area contributed by atoms with E-state index in [0.717, 1.165) is 11.4 Å². The van der Waals surface area contributed by atoms with E-state index in [1.165, 1.54) is 17.0 Å². The van der Waals surface area contributed by atoms with Crippen LogP contribution in [0.15, 0.2) is 12.5 Å². The molecule has 0 bridgehead atoms. The minimum Gasteiger partial charge on any atom is -0.319 e. The van der Waals surface area contributed by atoms with E-state index in [1.807, 2.05) is 13.8 Å². The molecule has 102 valence electrons. The highest BCUT2D eigenvalue weighted by Crippen LogP contribution is 2.18. The number of aromatic nitrogens is 6. The van der Waals surface area contributed by atoms with E-state index in [4.69, 9.17) is 0 Å². The fourth-order valence-corrected chi connectivity index (χ4v) is 2.03. The number of nitrogens with zero attached hydrogens (tertiary/aromatic N) is 5. The third-order valence-corrected chi connectivity index (χ3v) is 3.16. The molecule has 8 nitrogen and oxygen atoms in total. The third kappa shape index (κ3) is 1.81. The van der Waals surface area contributed by atoms with E-state index < -0.39 is 0 Å². The maximum atomic E-state index is 12.3. The largest absolute Gasteiger partial charge is 0.319 e. The number of H-pyrrole nitrogens is 1. The Hall–Kier alpha value is -2.77. The summed E-state index contributed by atoms with van der Waals surface area (Å²) in [5, 5.41) is 13.7. The number of aromatic amines is 1. The molecule has 3 heterocycles. The van der Waals surface area contributed by atoms with Crippen LogP contribution in [0.4, 0.5) is 5.69 Å². The molecule has 3 aromatic rings. The first-order chi connectivity index (χ1) is 9.58. The Balaban J connectivity index is 1.99. The molecule has 0 saturated carbocycles. The first-order valence-corrected chi connectivity index (χ1v) is 6.06. The topological polar surface area (TPSA) is 101 Å². The molecule has 2 N–H and O–H groups in total. The zero-order valence-corrected chi connectivity index (χ0v) is 11.3. The van der Waals surface area contributed by atoms with E-state index in [-0.39, 0.29) is 5.91 Å². The smallest absolute Gasteiger partial charge is 0.259 e. The zero-order valence-electron chi connectivity index (χ0n) is 11.3. The summed E-state index contributed by atoms with van der Waals surface area (Å²) in [5.74, 6) is 0.217. The quantitative estimate of drug-likeness (QED) is 0.724. The standard InChI is InChI=1S/C12H13N7O/c1-6-10(7(2)18-17-6)16-11(20)9-4-13-12-14-5-15-19(12)8(9)3/h4-5H,1-3H3,(H,16,20)(H,17,18). The van der Waals surface area contributed by atoms with Gasteiger partial charge in [0.15, 0.2) is 0 Å². The average molecular weight is 271 g/mol. The Labute approximate surface area is 114 Å². The van der Waals surface area contributed by atoms with Crippen molar-refractivity contribution >= 4 is 17.4 Å². The summed E-state index contributed by atoms with van der Waals surface area (Å²) >= 11 is 0. The van der Waals surface area contributed by atoms with Gasteiger partial charge in [-0.15, -0.1) is 0 Å². The van der Waals surface area contributed by atoms with Crippen molar-refractivity contribution in [3.63, 3.8) is 0 Å². The Morgan fingerprint density at radius 3 is 2.80 bits per heavy atom. The third-order valence-electron chi connectivity index (χ3n) is 3.16. The first-order valence-electron chi connectivity index (χ1n) is 6.06. The van der Waals surface area contributed by atoms with Gasteiger partial charge in [-0.2, -0.15) is 15.2 Å². The van der Waals surface area contributed by atoms with Crippen LogP contribution in [-0.2, 0) is 0 Å². The van der Waals surface area contributed by atoms with Crippen molar-refractivity contribution < 1.29 is 4.79 Å². The van der Waals surface area contributed by atoms with Crippen molar-refractivity contribution in [3.05, 3.63) is 35.2 Å². The van der Waals surface area contributed by atoms with Crippen LogP contribution in [0.5, 0.6) is 0 Å². The number of rotatable bonds is 2. The summed E-state index contributed by atoms with van der Waals surface area (Å²) in [6.07, 6.45) is 2.90. The highest BCUT2D eigenvalue weighted by molar-refractivity contribution is 6.05. The summed E-state index contributed by atoms with van der Waals surface area (Å²) in [4.78, 5) is 20.4. The second kappa shape index (κ2) is 4.41. The van der Waals surface area contributed by atoms with Crippen molar-refractivity contribution in [2.24, 2.45) is 0 Å². The number of carbonyl (C=O) groups is 1. The van der Waals surface area contributed by atoms with Gasteiger partial charge in [-0.1, -0.05) is 0 Å². The monoisotopic (exact) mass is 271 g/mol. The molecule has 0 unspecified atom stereocenters. The van der Waals surface area contributed by atoms with Gasteiger partial charge in [0.05, 0.1) is 28.3 Å². The van der Waals surface area contributed by atoms with Gasteiger partial charge in [0.1, 0.15) is 6.33 Å². The minimum atomic E-state index is -0.250. The predicted molar refractivity (Wildman–Crippen MR) is 71.5 cm³/mol. The van der Waals surface area contributed by atoms with Crippen LogP contribution in [0, 0.1) is 20.8 Å². The van der Waals surface area contributed by atoms with Crippen molar-refractivity contribution in [2.45, 2.75) is 20.8 Å². The van der Waals surface area contributed by atoms with Crippen LogP contribution in [0.1, 0.15) is 27.4 Å². The average Bonchev–Trinajstić information content (AvgIpc) is 3.01. The summed E-state index contributed by atoms with van der Waals surface area (Å²) in [6, 6.07) is 0. The summed E-state index contributed by atoms with van der Waals surface area (Å²) in [5.41, 5.74) is 3.37. The van der Waals surface area contributed by atoms with Gasteiger partial charge in [0, 0.05) is 6.20 Å². The molecule has 0 saturated heterocycles. The lowest BCUT2D eigenvalue weighted by molar-refractivity contribution is 0.102. The highest BCUT2D eigenvalue weighted by Gasteiger charge is 2.16. The van der Waals surface area contributed by atoms with Gasteiger partial charge < -0.3 is 5.32 Å². The molecule has 0 aliphatic rings. The minimum absolute atomic E-state index is 0.250. The second-order valence-corrected chi connectivity index (χ2v) is 4.49. The van der Waals surface area contributed by atoms with E-state index >= 15 is 0 Å². The van der Waals surface area contributed by atoms with Crippen molar-refractivity contribution in [2.75, 3.05) is 5.32 Å². The van der Waals surface area contributed by atoms with E-state index in [9.17, 15) is 4.79 Å². The second-order valence-electron chi connectivity index (χ2n) is 4.49. The van der Waals surface area contributed by atoms with Gasteiger partial charge in [-0.25, -0.2) is 9.50 Å². The molecular formula is C12H13N7O. The number of hydrogen-bond acceptors (Lipinski definition) is 5. The molecular weight excluding hydrogens is 258 g/mol. The van der Waals surface area contributed by atoms with Gasteiger partial charge in [0.25, 0.3) is 11.7 Å². The van der Waals surface area contributed by atoms with Gasteiger partial charge in [-0.3, -0.25) is 9.89 Å². The Morgan fingerprint density at radius 2 is 2.10 bits per heavy atom. The maximum absolute atomic E-state index is 12.3. The predicted octanol–water partition coefficient (Wildman–Crippen LogP) is 1.02. The summed E-state index contributed by atoms with van der Waals surface area (Å²) in [6.45, 7) is 5.47. The molecule has 0 atom stereocenters. The molecule has 0 radical (unpaired) electrons. The van der Waals surface area contributed by atoms with Crippen LogP contribution >= 0.6 is 0 Å². The fourth-order valence-electron chi connectivity index (χ4n) is 2.03. The number of fused-ring (bicyclic) bond motifs is 1. The van der Waals surface area contributed by atoms with E-state index in [1.54, 1.807) is 6.92 Å². The molecule has 3 rings (SSSR count). The number of carbonyl (C=O) groups excluding carboxylic acids is 1. The Morgan fingerprint density at radius 1 is 1.30 bits per heavy atom. The van der Waals surface area contributed by atoms with Crippen molar-refractivity contribution in [1.29, 1.82) is 0 Å². The summed E-state index contributed by atoms with van der Waals surface area (Å²) < 4.78 is 1.53. The van der Waals surface area contributed by atoms with E-state index in [2.05, 4.69) is 30.6 Å². The lowest BCUT2D eigenvalue weighted by atomic mass is 10.2. The molecule has 20 heavy (non-hydrogen) atoms.